The Bertz CT molecular complexity index is 428. The van der Waals surface area contributed by atoms with Crippen molar-refractivity contribution in [1.29, 1.82) is 0 Å². The van der Waals surface area contributed by atoms with Crippen molar-refractivity contribution in [2.45, 2.75) is 45.0 Å². The third-order valence-corrected chi connectivity index (χ3v) is 2.85. The molecule has 1 aromatic heterocycles. The first kappa shape index (κ1) is 12.8. The summed E-state index contributed by atoms with van der Waals surface area (Å²) < 4.78 is 11.3. The van der Waals surface area contributed by atoms with E-state index in [4.69, 9.17) is 14.6 Å². The highest BCUT2D eigenvalue weighted by Gasteiger charge is 2.27. The number of aromatic carboxylic acids is 1. The number of aromatic nitrogens is 2. The first-order valence-corrected chi connectivity index (χ1v) is 5.93. The van der Waals surface area contributed by atoms with E-state index in [1.54, 1.807) is 0 Å². The highest BCUT2D eigenvalue weighted by atomic mass is 16.5. The second-order valence-corrected chi connectivity index (χ2v) is 4.52. The zero-order valence-electron chi connectivity index (χ0n) is 10.4. The molecule has 2 atom stereocenters. The van der Waals surface area contributed by atoms with Gasteiger partial charge in [0.15, 0.2) is 0 Å². The van der Waals surface area contributed by atoms with Gasteiger partial charge in [0.1, 0.15) is 11.7 Å². The topological polar surface area (TPSA) is 81.5 Å². The molecule has 0 aromatic carbocycles. The van der Waals surface area contributed by atoms with E-state index >= 15 is 0 Å². The van der Waals surface area contributed by atoms with Crippen molar-refractivity contribution in [3.8, 4) is 5.88 Å². The molecule has 0 bridgehead atoms. The SMILES string of the molecule is CC1CC(Oc2nnccc2C(=O)O)CC(C)O1. The van der Waals surface area contributed by atoms with E-state index < -0.39 is 5.97 Å². The van der Waals surface area contributed by atoms with Crippen LogP contribution in [0.15, 0.2) is 12.3 Å². The molecule has 6 heteroatoms. The van der Waals surface area contributed by atoms with Crippen LogP contribution in [0.2, 0.25) is 0 Å². The lowest BCUT2D eigenvalue weighted by atomic mass is 10.0. The minimum atomic E-state index is -1.06. The molecule has 0 saturated carbocycles. The van der Waals surface area contributed by atoms with Crippen LogP contribution in [0.3, 0.4) is 0 Å². The second kappa shape index (κ2) is 5.30. The van der Waals surface area contributed by atoms with E-state index in [1.165, 1.54) is 12.3 Å². The van der Waals surface area contributed by atoms with E-state index in [0.717, 1.165) is 12.8 Å². The first-order valence-electron chi connectivity index (χ1n) is 5.93. The van der Waals surface area contributed by atoms with Crippen LogP contribution in [-0.2, 0) is 4.74 Å². The van der Waals surface area contributed by atoms with Crippen LogP contribution in [0.1, 0.15) is 37.0 Å². The minimum absolute atomic E-state index is 0.0387. The lowest BCUT2D eigenvalue weighted by Gasteiger charge is -2.31. The normalized spacial score (nSPS) is 27.8. The van der Waals surface area contributed by atoms with Gasteiger partial charge in [0, 0.05) is 12.8 Å². The van der Waals surface area contributed by atoms with Gasteiger partial charge in [-0.25, -0.2) is 4.79 Å². The number of rotatable bonds is 3. The average molecular weight is 252 g/mol. The molecule has 6 nitrogen and oxygen atoms in total. The summed E-state index contributed by atoms with van der Waals surface area (Å²) in [7, 11) is 0. The maximum atomic E-state index is 11.0. The smallest absolute Gasteiger partial charge is 0.341 e. The van der Waals surface area contributed by atoms with Crippen LogP contribution in [0, 0.1) is 0 Å². The molecule has 2 unspecified atom stereocenters. The summed E-state index contributed by atoms with van der Waals surface area (Å²) in [5, 5.41) is 16.4. The molecule has 0 amide bonds. The molecule has 2 heterocycles. The molecular weight excluding hydrogens is 236 g/mol. The van der Waals surface area contributed by atoms with Gasteiger partial charge in [-0.05, 0) is 19.9 Å². The van der Waals surface area contributed by atoms with Gasteiger partial charge in [0.25, 0.3) is 0 Å². The molecule has 98 valence electrons. The number of hydrogen-bond donors (Lipinski definition) is 1. The Kier molecular flexibility index (Phi) is 3.76. The highest BCUT2D eigenvalue weighted by Crippen LogP contribution is 2.24. The monoisotopic (exact) mass is 252 g/mol. The van der Waals surface area contributed by atoms with E-state index in [2.05, 4.69) is 10.2 Å². The van der Waals surface area contributed by atoms with Gasteiger partial charge < -0.3 is 14.6 Å². The fourth-order valence-electron chi connectivity index (χ4n) is 2.17. The van der Waals surface area contributed by atoms with Crippen molar-refractivity contribution in [1.82, 2.24) is 10.2 Å². The van der Waals surface area contributed by atoms with E-state index in [-0.39, 0.29) is 29.8 Å². The quantitative estimate of drug-likeness (QED) is 0.878. The first-order chi connectivity index (χ1) is 8.56. The predicted octanol–water partition coefficient (Wildman–Crippen LogP) is 1.51. The van der Waals surface area contributed by atoms with Crippen molar-refractivity contribution >= 4 is 5.97 Å². The number of carboxylic acid groups (broad SMARTS) is 1. The highest BCUT2D eigenvalue weighted by molar-refractivity contribution is 5.89. The Balaban J connectivity index is 2.11. The number of nitrogens with zero attached hydrogens (tertiary/aromatic N) is 2. The summed E-state index contributed by atoms with van der Waals surface area (Å²) in [6.07, 6.45) is 2.90. The summed E-state index contributed by atoms with van der Waals surface area (Å²) in [6.45, 7) is 3.95. The average Bonchev–Trinajstić information content (AvgIpc) is 2.27. The van der Waals surface area contributed by atoms with Gasteiger partial charge in [-0.2, -0.15) is 5.10 Å². The Hall–Kier alpha value is -1.69. The fourth-order valence-corrected chi connectivity index (χ4v) is 2.17. The van der Waals surface area contributed by atoms with Crippen LogP contribution in [-0.4, -0.2) is 39.6 Å². The second-order valence-electron chi connectivity index (χ2n) is 4.52. The summed E-state index contributed by atoms with van der Waals surface area (Å²) in [6, 6.07) is 1.39. The van der Waals surface area contributed by atoms with Crippen LogP contribution >= 0.6 is 0 Å². The van der Waals surface area contributed by atoms with E-state index in [1.807, 2.05) is 13.8 Å². The van der Waals surface area contributed by atoms with Gasteiger partial charge in [-0.3, -0.25) is 0 Å². The van der Waals surface area contributed by atoms with Gasteiger partial charge in [-0.15, -0.1) is 5.10 Å². The fraction of sp³-hybridized carbons (Fsp3) is 0.583. The van der Waals surface area contributed by atoms with Gasteiger partial charge in [0.2, 0.25) is 5.88 Å². The minimum Gasteiger partial charge on any atom is -0.477 e. The number of carbonyl (C=O) groups is 1. The van der Waals surface area contributed by atoms with Crippen LogP contribution in [0.4, 0.5) is 0 Å². The van der Waals surface area contributed by atoms with Crippen LogP contribution < -0.4 is 4.74 Å². The molecule has 0 aliphatic carbocycles. The predicted molar refractivity (Wildman–Crippen MR) is 62.7 cm³/mol. The zero-order chi connectivity index (χ0) is 13.1. The zero-order valence-corrected chi connectivity index (χ0v) is 10.4. The Labute approximate surface area is 105 Å². The van der Waals surface area contributed by atoms with E-state index in [9.17, 15) is 4.79 Å². The Morgan fingerprint density at radius 2 is 2.11 bits per heavy atom. The molecule has 1 aromatic rings. The third kappa shape index (κ3) is 2.95. The maximum absolute atomic E-state index is 11.0. The van der Waals surface area contributed by atoms with Crippen molar-refractivity contribution in [3.63, 3.8) is 0 Å². The lowest BCUT2D eigenvalue weighted by molar-refractivity contribution is -0.0732. The molecule has 1 saturated heterocycles. The van der Waals surface area contributed by atoms with Gasteiger partial charge in [-0.1, -0.05) is 0 Å². The molecule has 1 N–H and O–H groups in total. The summed E-state index contributed by atoms with van der Waals surface area (Å²) in [4.78, 5) is 11.0. The molecular formula is C12H16N2O4. The Morgan fingerprint density at radius 3 is 2.72 bits per heavy atom. The third-order valence-electron chi connectivity index (χ3n) is 2.85. The van der Waals surface area contributed by atoms with Crippen molar-refractivity contribution in [3.05, 3.63) is 17.8 Å². The summed E-state index contributed by atoms with van der Waals surface area (Å²) in [5.41, 5.74) is 0.0387. The molecule has 2 rings (SSSR count). The summed E-state index contributed by atoms with van der Waals surface area (Å²) in [5.74, 6) is -0.982. The molecule has 0 radical (unpaired) electrons. The van der Waals surface area contributed by atoms with Crippen molar-refractivity contribution < 1.29 is 19.4 Å². The Morgan fingerprint density at radius 1 is 1.44 bits per heavy atom. The lowest BCUT2D eigenvalue weighted by Crippen LogP contribution is -2.36. The van der Waals surface area contributed by atoms with E-state index in [0.29, 0.717) is 0 Å². The molecule has 18 heavy (non-hydrogen) atoms. The van der Waals surface area contributed by atoms with Crippen LogP contribution in [0.25, 0.3) is 0 Å². The molecule has 0 spiro atoms. The van der Waals surface area contributed by atoms with Gasteiger partial charge >= 0.3 is 5.97 Å². The molecule has 1 aliphatic rings. The number of carboxylic acids is 1. The molecule has 1 aliphatic heterocycles. The van der Waals surface area contributed by atoms with Crippen molar-refractivity contribution in [2.75, 3.05) is 0 Å². The summed E-state index contributed by atoms with van der Waals surface area (Å²) >= 11 is 0. The number of ether oxygens (including phenoxy) is 2. The maximum Gasteiger partial charge on any atom is 0.341 e. The van der Waals surface area contributed by atoms with Gasteiger partial charge in [0.05, 0.1) is 18.4 Å². The number of hydrogen-bond acceptors (Lipinski definition) is 5. The standard InChI is InChI=1S/C12H16N2O4/c1-7-5-9(6-8(2)17-7)18-11-10(12(15)16)3-4-13-14-11/h3-4,7-9H,5-6H2,1-2H3,(H,15,16). The largest absolute Gasteiger partial charge is 0.477 e. The van der Waals surface area contributed by atoms with Crippen LogP contribution in [0.5, 0.6) is 5.88 Å². The van der Waals surface area contributed by atoms with Crippen molar-refractivity contribution in [2.24, 2.45) is 0 Å². The molecule has 1 fully saturated rings.